The highest BCUT2D eigenvalue weighted by Gasteiger charge is 2.64. The molecule has 2 aliphatic rings. The van der Waals surface area contributed by atoms with Crippen molar-refractivity contribution in [2.75, 3.05) is 7.11 Å². The summed E-state index contributed by atoms with van der Waals surface area (Å²) in [7, 11) is -2.09. The summed E-state index contributed by atoms with van der Waals surface area (Å²) >= 11 is 0. The maximum absolute atomic E-state index is 13.5. The molecule has 28 heavy (non-hydrogen) atoms. The van der Waals surface area contributed by atoms with Crippen LogP contribution in [0.15, 0.2) is 47.4 Å². The first kappa shape index (κ1) is 19.4. The van der Waals surface area contributed by atoms with Crippen molar-refractivity contribution in [2.45, 2.75) is 49.3 Å². The SMILES string of the molecule is COc1cc(F)ccc1CCC1C(c2ccc(S(N)(=O)=O)cc2)C12CCCC2. The van der Waals surface area contributed by atoms with E-state index in [1.807, 2.05) is 18.2 Å². The summed E-state index contributed by atoms with van der Waals surface area (Å²) in [4.78, 5) is 0.157. The standard InChI is InChI=1S/C22H26FNO3S/c1-27-20-14-17(23)8-4-15(20)7-11-19-21(22(19)12-2-3-13-22)16-5-9-18(10-6-16)28(24,25)26/h4-6,8-10,14,19,21H,2-3,7,11-13H2,1H3,(H2,24,25,26). The second-order valence-electron chi connectivity index (χ2n) is 8.13. The van der Waals surface area contributed by atoms with Crippen LogP contribution in [-0.4, -0.2) is 15.5 Å². The van der Waals surface area contributed by atoms with Gasteiger partial charge in [0, 0.05) is 6.07 Å². The zero-order valence-corrected chi connectivity index (χ0v) is 16.8. The Morgan fingerprint density at radius 3 is 2.43 bits per heavy atom. The molecule has 2 aliphatic carbocycles. The molecule has 2 saturated carbocycles. The first-order chi connectivity index (χ1) is 13.3. The number of primary sulfonamides is 1. The molecule has 2 aromatic carbocycles. The van der Waals surface area contributed by atoms with Gasteiger partial charge in [0.2, 0.25) is 10.0 Å². The third-order valence-corrected chi connectivity index (χ3v) is 7.66. The van der Waals surface area contributed by atoms with Crippen LogP contribution in [0.1, 0.15) is 49.1 Å². The molecule has 1 spiro atoms. The van der Waals surface area contributed by atoms with E-state index >= 15 is 0 Å². The zero-order chi connectivity index (χ0) is 19.9. The highest BCUT2D eigenvalue weighted by Crippen LogP contribution is 2.73. The molecule has 4 nitrogen and oxygen atoms in total. The second-order valence-corrected chi connectivity index (χ2v) is 9.69. The van der Waals surface area contributed by atoms with Crippen molar-refractivity contribution in [1.29, 1.82) is 0 Å². The van der Waals surface area contributed by atoms with Gasteiger partial charge in [-0.05, 0) is 72.3 Å². The molecule has 2 unspecified atom stereocenters. The summed E-state index contributed by atoms with van der Waals surface area (Å²) in [5.41, 5.74) is 2.56. The maximum atomic E-state index is 13.5. The Kier molecular flexibility index (Phi) is 4.96. The summed E-state index contributed by atoms with van der Waals surface area (Å²) in [5.74, 6) is 1.34. The molecule has 0 saturated heterocycles. The summed E-state index contributed by atoms with van der Waals surface area (Å²) in [6.07, 6.45) is 6.81. The van der Waals surface area contributed by atoms with E-state index in [1.165, 1.54) is 43.4 Å². The third-order valence-electron chi connectivity index (χ3n) is 6.73. The number of hydrogen-bond acceptors (Lipinski definition) is 3. The molecule has 0 bridgehead atoms. The molecule has 2 fully saturated rings. The Labute approximate surface area is 166 Å². The number of methoxy groups -OCH3 is 1. The topological polar surface area (TPSA) is 69.4 Å². The Bertz CT molecular complexity index is 966. The molecule has 2 aromatic rings. The van der Waals surface area contributed by atoms with Gasteiger partial charge in [0.25, 0.3) is 0 Å². The van der Waals surface area contributed by atoms with Crippen molar-refractivity contribution >= 4 is 10.0 Å². The number of benzene rings is 2. The summed E-state index contributed by atoms with van der Waals surface area (Å²) in [5, 5.41) is 5.23. The van der Waals surface area contributed by atoms with Crippen LogP contribution in [0.4, 0.5) is 4.39 Å². The highest BCUT2D eigenvalue weighted by molar-refractivity contribution is 7.89. The fraction of sp³-hybridized carbons (Fsp3) is 0.455. The molecule has 2 N–H and O–H groups in total. The molecule has 0 aromatic heterocycles. The van der Waals surface area contributed by atoms with E-state index in [-0.39, 0.29) is 10.7 Å². The van der Waals surface area contributed by atoms with Gasteiger partial charge in [0.1, 0.15) is 11.6 Å². The van der Waals surface area contributed by atoms with Crippen LogP contribution >= 0.6 is 0 Å². The van der Waals surface area contributed by atoms with Crippen LogP contribution in [0.5, 0.6) is 5.75 Å². The van der Waals surface area contributed by atoms with Gasteiger partial charge in [-0.15, -0.1) is 0 Å². The largest absolute Gasteiger partial charge is 0.496 e. The van der Waals surface area contributed by atoms with Gasteiger partial charge in [0.15, 0.2) is 0 Å². The Morgan fingerprint density at radius 2 is 1.82 bits per heavy atom. The van der Waals surface area contributed by atoms with Gasteiger partial charge >= 0.3 is 0 Å². The molecule has 4 rings (SSSR count). The zero-order valence-electron chi connectivity index (χ0n) is 16.0. The number of ether oxygens (including phenoxy) is 1. The van der Waals surface area contributed by atoms with Crippen LogP contribution in [0.3, 0.4) is 0 Å². The Hall–Kier alpha value is -1.92. The summed E-state index contributed by atoms with van der Waals surface area (Å²) in [6, 6.07) is 11.8. The van der Waals surface area contributed by atoms with E-state index < -0.39 is 10.0 Å². The average molecular weight is 404 g/mol. The monoisotopic (exact) mass is 403 g/mol. The van der Waals surface area contributed by atoms with Crippen LogP contribution in [0, 0.1) is 17.2 Å². The minimum Gasteiger partial charge on any atom is -0.496 e. The summed E-state index contributed by atoms with van der Waals surface area (Å²) < 4.78 is 41.9. The van der Waals surface area contributed by atoms with Crippen molar-refractivity contribution in [3.63, 3.8) is 0 Å². The molecule has 0 aliphatic heterocycles. The van der Waals surface area contributed by atoms with Gasteiger partial charge in [-0.2, -0.15) is 0 Å². The maximum Gasteiger partial charge on any atom is 0.238 e. The first-order valence-electron chi connectivity index (χ1n) is 9.80. The van der Waals surface area contributed by atoms with E-state index in [9.17, 15) is 12.8 Å². The van der Waals surface area contributed by atoms with Gasteiger partial charge in [0.05, 0.1) is 12.0 Å². The van der Waals surface area contributed by atoms with Crippen molar-refractivity contribution in [3.8, 4) is 5.75 Å². The molecular weight excluding hydrogens is 377 g/mol. The number of halogens is 1. The fourth-order valence-corrected chi connectivity index (χ4v) is 5.93. The van der Waals surface area contributed by atoms with Crippen molar-refractivity contribution < 1.29 is 17.5 Å². The van der Waals surface area contributed by atoms with Gasteiger partial charge < -0.3 is 4.74 Å². The highest BCUT2D eigenvalue weighted by atomic mass is 32.2. The van der Waals surface area contributed by atoms with Gasteiger partial charge in [-0.25, -0.2) is 17.9 Å². The van der Waals surface area contributed by atoms with Crippen LogP contribution in [0.2, 0.25) is 0 Å². The number of nitrogens with two attached hydrogens (primary N) is 1. The molecule has 0 heterocycles. The smallest absolute Gasteiger partial charge is 0.238 e. The number of rotatable bonds is 6. The van der Waals surface area contributed by atoms with Crippen LogP contribution < -0.4 is 9.88 Å². The van der Waals surface area contributed by atoms with Crippen molar-refractivity contribution in [2.24, 2.45) is 16.5 Å². The number of sulfonamides is 1. The molecule has 0 radical (unpaired) electrons. The molecule has 2 atom stereocenters. The normalized spacial score (nSPS) is 23.1. The summed E-state index contributed by atoms with van der Waals surface area (Å²) in [6.45, 7) is 0. The van der Waals surface area contributed by atoms with E-state index in [2.05, 4.69) is 0 Å². The second kappa shape index (κ2) is 7.16. The van der Waals surface area contributed by atoms with E-state index in [1.54, 1.807) is 19.2 Å². The number of aryl methyl sites for hydroxylation is 1. The minimum absolute atomic E-state index is 0.157. The quantitative estimate of drug-likeness (QED) is 0.778. The van der Waals surface area contributed by atoms with Crippen molar-refractivity contribution in [3.05, 3.63) is 59.4 Å². The lowest BCUT2D eigenvalue weighted by molar-refractivity contribution is 0.402. The Balaban J connectivity index is 1.53. The molecule has 6 heteroatoms. The minimum atomic E-state index is -3.67. The van der Waals surface area contributed by atoms with Crippen molar-refractivity contribution in [1.82, 2.24) is 0 Å². The number of hydrogen-bond donors (Lipinski definition) is 1. The van der Waals surface area contributed by atoms with E-state index in [0.29, 0.717) is 23.0 Å². The van der Waals surface area contributed by atoms with Gasteiger partial charge in [-0.3, -0.25) is 0 Å². The first-order valence-corrected chi connectivity index (χ1v) is 11.3. The predicted octanol–water partition coefficient (Wildman–Crippen LogP) is 4.39. The lowest BCUT2D eigenvalue weighted by atomic mass is 9.96. The van der Waals surface area contributed by atoms with E-state index in [0.717, 1.165) is 18.4 Å². The van der Waals surface area contributed by atoms with Crippen LogP contribution in [-0.2, 0) is 16.4 Å². The fourth-order valence-electron chi connectivity index (χ4n) is 5.41. The molecule has 150 valence electrons. The average Bonchev–Trinajstić information content (AvgIpc) is 3.00. The molecule has 0 amide bonds. The van der Waals surface area contributed by atoms with E-state index in [4.69, 9.17) is 9.88 Å². The Morgan fingerprint density at radius 1 is 1.14 bits per heavy atom. The lowest BCUT2D eigenvalue weighted by Crippen LogP contribution is -2.11. The lowest BCUT2D eigenvalue weighted by Gasteiger charge is -2.10. The predicted molar refractivity (Wildman–Crippen MR) is 106 cm³/mol. The van der Waals surface area contributed by atoms with Crippen LogP contribution in [0.25, 0.3) is 0 Å². The van der Waals surface area contributed by atoms with Gasteiger partial charge in [-0.1, -0.05) is 31.0 Å². The molecular formula is C22H26FNO3S. The third kappa shape index (κ3) is 3.44.